The Bertz CT molecular complexity index is 528. The summed E-state index contributed by atoms with van der Waals surface area (Å²) in [5, 5.41) is 4.12. The molecule has 17 heavy (non-hydrogen) atoms. The minimum atomic E-state index is -0.0863. The van der Waals surface area contributed by atoms with E-state index in [1.165, 1.54) is 5.56 Å². The van der Waals surface area contributed by atoms with Gasteiger partial charge in [0.25, 0.3) is 5.91 Å². The molecule has 1 fully saturated rings. The molecule has 0 atom stereocenters. The third-order valence-electron chi connectivity index (χ3n) is 3.36. The molecule has 0 saturated heterocycles. The zero-order valence-corrected chi connectivity index (χ0v) is 10.0. The summed E-state index contributed by atoms with van der Waals surface area (Å²) >= 11 is 0. The van der Waals surface area contributed by atoms with E-state index in [0.29, 0.717) is 11.5 Å². The van der Waals surface area contributed by atoms with Crippen LogP contribution in [0.15, 0.2) is 16.7 Å². The Morgan fingerprint density at radius 3 is 2.76 bits per heavy atom. The molecule has 88 valence electrons. The molecule has 1 saturated carbocycles. The number of aryl methyl sites for hydroxylation is 2. The Morgan fingerprint density at radius 1 is 1.41 bits per heavy atom. The predicted octanol–water partition coefficient (Wildman–Crippen LogP) is 1.91. The predicted molar refractivity (Wildman–Crippen MR) is 66.5 cm³/mol. The van der Waals surface area contributed by atoms with Gasteiger partial charge in [-0.2, -0.15) is 5.10 Å². The molecule has 4 heteroatoms. The first-order chi connectivity index (χ1) is 8.15. The van der Waals surface area contributed by atoms with Crippen molar-refractivity contribution in [3.05, 3.63) is 28.6 Å². The average molecular weight is 229 g/mol. The van der Waals surface area contributed by atoms with Crippen molar-refractivity contribution in [3.8, 4) is 0 Å². The molecule has 4 nitrogen and oxygen atoms in total. The van der Waals surface area contributed by atoms with E-state index in [2.05, 4.69) is 28.5 Å². The van der Waals surface area contributed by atoms with Crippen molar-refractivity contribution in [2.75, 3.05) is 0 Å². The summed E-state index contributed by atoms with van der Waals surface area (Å²) in [4.78, 5) is 15.0. The first-order valence-electron chi connectivity index (χ1n) is 5.91. The van der Waals surface area contributed by atoms with Crippen LogP contribution >= 0.6 is 0 Å². The number of rotatable bonds is 2. The zero-order valence-electron chi connectivity index (χ0n) is 10.0. The number of carbonyl (C=O) groups excluding carboxylic acids is 1. The highest BCUT2D eigenvalue weighted by Gasteiger charge is 2.35. The number of hydrazone groups is 1. The van der Waals surface area contributed by atoms with E-state index in [1.807, 2.05) is 13.0 Å². The van der Waals surface area contributed by atoms with Crippen molar-refractivity contribution in [2.24, 2.45) is 11.0 Å². The third-order valence-corrected chi connectivity index (χ3v) is 3.36. The summed E-state index contributed by atoms with van der Waals surface area (Å²) in [6, 6.07) is 2.05. The maximum absolute atomic E-state index is 11.7. The molecule has 0 aromatic carbocycles. The molecule has 1 aliphatic carbocycles. The molecule has 2 aliphatic rings. The maximum atomic E-state index is 11.7. The van der Waals surface area contributed by atoms with E-state index in [1.54, 1.807) is 0 Å². The van der Waals surface area contributed by atoms with Crippen LogP contribution in [0.1, 0.15) is 29.8 Å². The van der Waals surface area contributed by atoms with Gasteiger partial charge >= 0.3 is 0 Å². The summed E-state index contributed by atoms with van der Waals surface area (Å²) in [5.41, 5.74) is 7.52. The molecular formula is C13H15N3O. The van der Waals surface area contributed by atoms with Crippen molar-refractivity contribution in [2.45, 2.75) is 26.7 Å². The molecule has 0 unspecified atom stereocenters. The van der Waals surface area contributed by atoms with Crippen LogP contribution in [0.5, 0.6) is 0 Å². The molecule has 2 N–H and O–H groups in total. The minimum Gasteiger partial charge on any atom is -0.359 e. The molecule has 1 aliphatic heterocycles. The second kappa shape index (κ2) is 3.58. The van der Waals surface area contributed by atoms with Crippen molar-refractivity contribution in [1.29, 1.82) is 0 Å². The summed E-state index contributed by atoms with van der Waals surface area (Å²) < 4.78 is 0. The smallest absolute Gasteiger partial charge is 0.273 e. The van der Waals surface area contributed by atoms with Gasteiger partial charge in [0.2, 0.25) is 0 Å². The van der Waals surface area contributed by atoms with Crippen molar-refractivity contribution in [3.63, 3.8) is 0 Å². The highest BCUT2D eigenvalue weighted by molar-refractivity contribution is 6.28. The lowest BCUT2D eigenvalue weighted by molar-refractivity contribution is -0.116. The van der Waals surface area contributed by atoms with Crippen LogP contribution in [0.2, 0.25) is 0 Å². The zero-order chi connectivity index (χ0) is 12.0. The average Bonchev–Trinajstić information content (AvgIpc) is 2.99. The molecule has 0 spiro atoms. The third kappa shape index (κ3) is 1.79. The molecule has 0 bridgehead atoms. The van der Waals surface area contributed by atoms with Crippen LogP contribution in [0.25, 0.3) is 6.08 Å². The van der Waals surface area contributed by atoms with E-state index >= 15 is 0 Å². The molecule has 1 aromatic heterocycles. The summed E-state index contributed by atoms with van der Waals surface area (Å²) in [6.45, 7) is 4.08. The number of hydrogen-bond donors (Lipinski definition) is 2. The van der Waals surface area contributed by atoms with Crippen molar-refractivity contribution in [1.82, 2.24) is 10.4 Å². The second-order valence-electron chi connectivity index (χ2n) is 4.80. The molecular weight excluding hydrogens is 214 g/mol. The topological polar surface area (TPSA) is 57.2 Å². The van der Waals surface area contributed by atoms with Crippen LogP contribution in [-0.4, -0.2) is 16.6 Å². The molecule has 3 rings (SSSR count). The van der Waals surface area contributed by atoms with Crippen LogP contribution in [0.3, 0.4) is 0 Å². The number of carbonyl (C=O) groups is 1. The monoisotopic (exact) mass is 229 g/mol. The van der Waals surface area contributed by atoms with Crippen LogP contribution in [-0.2, 0) is 4.79 Å². The van der Waals surface area contributed by atoms with Gasteiger partial charge in [-0.05, 0) is 44.4 Å². The largest absolute Gasteiger partial charge is 0.359 e. The molecule has 0 radical (unpaired) electrons. The van der Waals surface area contributed by atoms with E-state index in [-0.39, 0.29) is 5.91 Å². The van der Waals surface area contributed by atoms with Gasteiger partial charge in [-0.25, -0.2) is 5.43 Å². The molecule has 1 aromatic rings. The number of hydrogen-bond acceptors (Lipinski definition) is 2. The van der Waals surface area contributed by atoms with Gasteiger partial charge in [0.05, 0.1) is 11.3 Å². The fourth-order valence-electron chi connectivity index (χ4n) is 2.08. The summed E-state index contributed by atoms with van der Waals surface area (Å²) in [6.07, 6.45) is 4.20. The van der Waals surface area contributed by atoms with Gasteiger partial charge < -0.3 is 4.98 Å². The Kier molecular flexibility index (Phi) is 2.18. The molecule has 1 amide bonds. The fourth-order valence-corrected chi connectivity index (χ4v) is 2.08. The lowest BCUT2D eigenvalue weighted by atomic mass is 10.1. The number of H-pyrrole nitrogens is 1. The quantitative estimate of drug-likeness (QED) is 0.748. The van der Waals surface area contributed by atoms with Crippen LogP contribution in [0.4, 0.5) is 0 Å². The van der Waals surface area contributed by atoms with Gasteiger partial charge in [0, 0.05) is 17.3 Å². The summed E-state index contributed by atoms with van der Waals surface area (Å²) in [5.74, 6) is 0.397. The SMILES string of the molecule is Cc1cc(C=C2C(=O)NN=C2C2CC2)[nH]c1C. The Labute approximate surface area is 99.8 Å². The number of nitrogens with zero attached hydrogens (tertiary/aromatic N) is 1. The van der Waals surface area contributed by atoms with Gasteiger partial charge in [0.15, 0.2) is 0 Å². The highest BCUT2D eigenvalue weighted by atomic mass is 16.2. The first kappa shape index (κ1) is 10.3. The van der Waals surface area contributed by atoms with Crippen LogP contribution in [0, 0.1) is 19.8 Å². The Balaban J connectivity index is 1.96. The Morgan fingerprint density at radius 2 is 2.18 bits per heavy atom. The van der Waals surface area contributed by atoms with Gasteiger partial charge in [-0.3, -0.25) is 4.79 Å². The lowest BCUT2D eigenvalue weighted by Crippen LogP contribution is -2.13. The van der Waals surface area contributed by atoms with E-state index in [0.717, 1.165) is 29.9 Å². The number of nitrogens with one attached hydrogen (secondary N) is 2. The normalized spacial score (nSPS) is 21.9. The number of aromatic amines is 1. The van der Waals surface area contributed by atoms with Gasteiger partial charge in [-0.15, -0.1) is 0 Å². The van der Waals surface area contributed by atoms with E-state index in [4.69, 9.17) is 0 Å². The van der Waals surface area contributed by atoms with Crippen molar-refractivity contribution < 1.29 is 4.79 Å². The lowest BCUT2D eigenvalue weighted by Gasteiger charge is -1.97. The minimum absolute atomic E-state index is 0.0863. The Hall–Kier alpha value is -1.84. The van der Waals surface area contributed by atoms with Gasteiger partial charge in [0.1, 0.15) is 0 Å². The van der Waals surface area contributed by atoms with Crippen LogP contribution < -0.4 is 5.43 Å². The van der Waals surface area contributed by atoms with E-state index in [9.17, 15) is 4.79 Å². The fraction of sp³-hybridized carbons (Fsp3) is 0.385. The van der Waals surface area contributed by atoms with Crippen molar-refractivity contribution >= 4 is 17.7 Å². The number of amides is 1. The summed E-state index contributed by atoms with van der Waals surface area (Å²) in [7, 11) is 0. The highest BCUT2D eigenvalue weighted by Crippen LogP contribution is 2.35. The molecule has 2 heterocycles. The second-order valence-corrected chi connectivity index (χ2v) is 4.80. The maximum Gasteiger partial charge on any atom is 0.273 e. The number of aromatic nitrogens is 1. The van der Waals surface area contributed by atoms with Gasteiger partial charge in [-0.1, -0.05) is 0 Å². The standard InChI is InChI=1S/C13H15N3O/c1-7-5-10(14-8(7)2)6-11-12(9-3-4-9)15-16-13(11)17/h5-6,9,14H,3-4H2,1-2H3,(H,16,17). The first-order valence-corrected chi connectivity index (χ1v) is 5.91. The van der Waals surface area contributed by atoms with E-state index < -0.39 is 0 Å².